The quantitative estimate of drug-likeness (QED) is 0.405. The fourth-order valence-electron chi connectivity index (χ4n) is 1.50. The van der Waals surface area contributed by atoms with Crippen LogP contribution >= 0.6 is 0 Å². The maximum Gasteiger partial charge on any atom is 0.389 e. The minimum Gasteiger partial charge on any atom is -0.370 e. The van der Waals surface area contributed by atoms with Gasteiger partial charge in [-0.2, -0.15) is 13.2 Å². The highest BCUT2D eigenvalue weighted by molar-refractivity contribution is 5.46. The Morgan fingerprint density at radius 2 is 1.95 bits per heavy atom. The topological polar surface area (TPSA) is 75.9 Å². The smallest absolute Gasteiger partial charge is 0.370 e. The zero-order valence-electron chi connectivity index (χ0n) is 10.7. The molecular formula is C11H18F3N5. The number of aromatic nitrogens is 2. The highest BCUT2D eigenvalue weighted by Gasteiger charge is 2.25. The molecule has 0 aliphatic carbocycles. The number of alkyl halides is 3. The van der Waals surface area contributed by atoms with Crippen molar-refractivity contribution in [3.05, 3.63) is 11.9 Å². The van der Waals surface area contributed by atoms with Crippen LogP contribution in [0.1, 0.15) is 32.0 Å². The number of rotatable bonds is 7. The van der Waals surface area contributed by atoms with Gasteiger partial charge in [-0.25, -0.2) is 15.8 Å². The van der Waals surface area contributed by atoms with Crippen molar-refractivity contribution in [2.45, 2.75) is 38.8 Å². The van der Waals surface area contributed by atoms with Crippen LogP contribution in [0.5, 0.6) is 0 Å². The van der Waals surface area contributed by atoms with Crippen LogP contribution in [0.15, 0.2) is 6.07 Å². The molecule has 0 aromatic carbocycles. The molecule has 19 heavy (non-hydrogen) atoms. The van der Waals surface area contributed by atoms with Gasteiger partial charge in [-0.05, 0) is 12.8 Å². The molecule has 108 valence electrons. The van der Waals surface area contributed by atoms with Gasteiger partial charge in [0.05, 0.1) is 0 Å². The lowest BCUT2D eigenvalue weighted by Gasteiger charge is -2.10. The van der Waals surface area contributed by atoms with E-state index in [9.17, 15) is 13.2 Å². The molecule has 5 nitrogen and oxygen atoms in total. The summed E-state index contributed by atoms with van der Waals surface area (Å²) in [6, 6.07) is 1.56. The van der Waals surface area contributed by atoms with E-state index in [-0.39, 0.29) is 13.0 Å². The van der Waals surface area contributed by atoms with Crippen LogP contribution in [0.25, 0.3) is 0 Å². The molecule has 0 atom stereocenters. The van der Waals surface area contributed by atoms with E-state index in [1.807, 2.05) is 6.92 Å². The van der Waals surface area contributed by atoms with Gasteiger partial charge in [0.1, 0.15) is 17.5 Å². The molecule has 0 saturated carbocycles. The molecule has 0 aliphatic rings. The van der Waals surface area contributed by atoms with Crippen LogP contribution < -0.4 is 16.6 Å². The average Bonchev–Trinajstić information content (AvgIpc) is 2.34. The molecule has 1 rings (SSSR count). The van der Waals surface area contributed by atoms with Crippen LogP contribution in [-0.2, 0) is 6.42 Å². The predicted molar refractivity (Wildman–Crippen MR) is 67.6 cm³/mol. The Morgan fingerprint density at radius 1 is 1.26 bits per heavy atom. The fraction of sp³-hybridized carbons (Fsp3) is 0.636. The van der Waals surface area contributed by atoms with Crippen LogP contribution in [0.4, 0.5) is 24.8 Å². The largest absolute Gasteiger partial charge is 0.389 e. The van der Waals surface area contributed by atoms with Crippen LogP contribution in [0.2, 0.25) is 0 Å². The summed E-state index contributed by atoms with van der Waals surface area (Å²) in [5, 5.41) is 2.84. The lowest BCUT2D eigenvalue weighted by Crippen LogP contribution is -2.14. The molecular weight excluding hydrogens is 259 g/mol. The Morgan fingerprint density at radius 3 is 2.53 bits per heavy atom. The van der Waals surface area contributed by atoms with E-state index in [0.29, 0.717) is 23.9 Å². The zero-order valence-corrected chi connectivity index (χ0v) is 10.7. The summed E-state index contributed by atoms with van der Waals surface area (Å²) in [6.45, 7) is 2.19. The first-order valence-electron chi connectivity index (χ1n) is 6.10. The molecule has 1 heterocycles. The van der Waals surface area contributed by atoms with E-state index in [2.05, 4.69) is 20.7 Å². The van der Waals surface area contributed by atoms with Gasteiger partial charge in [-0.1, -0.05) is 6.92 Å². The van der Waals surface area contributed by atoms with E-state index < -0.39 is 12.6 Å². The van der Waals surface area contributed by atoms with Crippen molar-refractivity contribution in [1.29, 1.82) is 0 Å². The van der Waals surface area contributed by atoms with E-state index in [1.165, 1.54) is 0 Å². The summed E-state index contributed by atoms with van der Waals surface area (Å²) in [7, 11) is 0. The van der Waals surface area contributed by atoms with E-state index in [4.69, 9.17) is 5.84 Å². The van der Waals surface area contributed by atoms with Crippen molar-refractivity contribution in [3.8, 4) is 0 Å². The van der Waals surface area contributed by atoms with Gasteiger partial charge in [0, 0.05) is 25.5 Å². The van der Waals surface area contributed by atoms with Crippen molar-refractivity contribution in [2.24, 2.45) is 5.84 Å². The Balaban J connectivity index is 2.54. The van der Waals surface area contributed by atoms with Crippen LogP contribution in [0.3, 0.4) is 0 Å². The molecule has 8 heteroatoms. The molecule has 0 fully saturated rings. The fourth-order valence-corrected chi connectivity index (χ4v) is 1.50. The van der Waals surface area contributed by atoms with Gasteiger partial charge in [0.25, 0.3) is 0 Å². The third-order valence-corrected chi connectivity index (χ3v) is 2.34. The second-order valence-corrected chi connectivity index (χ2v) is 4.09. The number of halogens is 3. The van der Waals surface area contributed by atoms with Crippen molar-refractivity contribution in [2.75, 3.05) is 17.3 Å². The Kier molecular flexibility index (Phi) is 5.81. The predicted octanol–water partition coefficient (Wildman–Crippen LogP) is 2.47. The Labute approximate surface area is 109 Å². The number of nitrogens with two attached hydrogens (primary N) is 1. The highest BCUT2D eigenvalue weighted by Crippen LogP contribution is 2.21. The lowest BCUT2D eigenvalue weighted by molar-refractivity contribution is -0.134. The number of anilines is 2. The van der Waals surface area contributed by atoms with Gasteiger partial charge in [0.15, 0.2) is 0 Å². The summed E-state index contributed by atoms with van der Waals surface area (Å²) < 4.78 is 36.0. The van der Waals surface area contributed by atoms with E-state index in [0.717, 1.165) is 6.42 Å². The summed E-state index contributed by atoms with van der Waals surface area (Å²) in [5.41, 5.74) is 2.41. The average molecular weight is 277 g/mol. The third kappa shape index (κ3) is 6.23. The van der Waals surface area contributed by atoms with Gasteiger partial charge in [-0.3, -0.25) is 0 Å². The molecule has 0 radical (unpaired) electrons. The molecule has 4 N–H and O–H groups in total. The number of hydrogen-bond donors (Lipinski definition) is 3. The van der Waals surface area contributed by atoms with Crippen molar-refractivity contribution in [1.82, 2.24) is 9.97 Å². The number of nitrogens with one attached hydrogen (secondary N) is 2. The summed E-state index contributed by atoms with van der Waals surface area (Å²) >= 11 is 0. The molecule has 0 saturated heterocycles. The van der Waals surface area contributed by atoms with Crippen LogP contribution in [0, 0.1) is 0 Å². The molecule has 1 aromatic rings. The number of hydrogen-bond acceptors (Lipinski definition) is 5. The second-order valence-electron chi connectivity index (χ2n) is 4.09. The standard InChI is InChI=1S/C11H18F3N5/c1-2-4-8-17-9(7-10(18-8)19-15)16-6-3-5-11(12,13)14/h7H,2-6,15H2,1H3,(H2,16,17,18,19). The molecule has 0 unspecified atom stereocenters. The Bertz CT molecular complexity index is 394. The van der Waals surface area contributed by atoms with E-state index in [1.54, 1.807) is 6.07 Å². The number of hydrazine groups is 1. The molecule has 0 spiro atoms. The van der Waals surface area contributed by atoms with Crippen molar-refractivity contribution >= 4 is 11.6 Å². The van der Waals surface area contributed by atoms with Crippen molar-refractivity contribution < 1.29 is 13.2 Å². The first kappa shape index (κ1) is 15.5. The SMILES string of the molecule is CCCc1nc(NN)cc(NCCCC(F)(F)F)n1. The second kappa shape index (κ2) is 7.13. The minimum absolute atomic E-state index is 0.00198. The molecule has 1 aromatic heterocycles. The summed E-state index contributed by atoms with van der Waals surface area (Å²) in [6.07, 6.45) is -3.37. The van der Waals surface area contributed by atoms with Crippen molar-refractivity contribution in [3.63, 3.8) is 0 Å². The highest BCUT2D eigenvalue weighted by atomic mass is 19.4. The zero-order chi connectivity index (χ0) is 14.3. The first-order chi connectivity index (χ1) is 8.94. The van der Waals surface area contributed by atoms with Gasteiger partial charge < -0.3 is 10.7 Å². The monoisotopic (exact) mass is 277 g/mol. The summed E-state index contributed by atoms with van der Waals surface area (Å²) in [4.78, 5) is 8.35. The normalized spacial score (nSPS) is 11.4. The lowest BCUT2D eigenvalue weighted by atomic mass is 10.3. The van der Waals surface area contributed by atoms with Gasteiger partial charge in [-0.15, -0.1) is 0 Å². The molecule has 0 amide bonds. The maximum absolute atomic E-state index is 12.0. The molecule has 0 aliphatic heterocycles. The maximum atomic E-state index is 12.0. The number of nitrogen functional groups attached to an aromatic ring is 1. The third-order valence-electron chi connectivity index (χ3n) is 2.34. The minimum atomic E-state index is -4.12. The van der Waals surface area contributed by atoms with Gasteiger partial charge >= 0.3 is 6.18 Å². The first-order valence-corrected chi connectivity index (χ1v) is 6.10. The van der Waals surface area contributed by atoms with E-state index >= 15 is 0 Å². The number of nitrogens with zero attached hydrogens (tertiary/aromatic N) is 2. The molecule has 0 bridgehead atoms. The number of aryl methyl sites for hydroxylation is 1. The van der Waals surface area contributed by atoms with Crippen LogP contribution in [-0.4, -0.2) is 22.7 Å². The Hall–Kier alpha value is -1.57. The summed E-state index contributed by atoms with van der Waals surface area (Å²) in [5.74, 6) is 6.81. The van der Waals surface area contributed by atoms with Gasteiger partial charge in [0.2, 0.25) is 0 Å².